The number of esters is 3. The highest BCUT2D eigenvalue weighted by molar-refractivity contribution is 7.99. The van der Waals surface area contributed by atoms with Crippen LogP contribution in [0.25, 0.3) is 0 Å². The van der Waals surface area contributed by atoms with Gasteiger partial charge in [-0.25, -0.2) is 14.4 Å². The highest BCUT2D eigenvalue weighted by atomic mass is 32.2. The van der Waals surface area contributed by atoms with Gasteiger partial charge in [-0.05, 0) is 61.4 Å². The van der Waals surface area contributed by atoms with E-state index in [-0.39, 0.29) is 24.3 Å². The van der Waals surface area contributed by atoms with Crippen molar-refractivity contribution >= 4 is 29.7 Å². The monoisotopic (exact) mass is 798 g/mol. The zero-order chi connectivity index (χ0) is 39.8. The number of benzene rings is 4. The molecule has 4 aromatic carbocycles. The molecule has 2 heterocycles. The van der Waals surface area contributed by atoms with Crippen LogP contribution in [0, 0.1) is 0 Å². The molecule has 4 aromatic rings. The van der Waals surface area contributed by atoms with Gasteiger partial charge in [-0.2, -0.15) is 0 Å². The third-order valence-electron chi connectivity index (χ3n) is 9.46. The van der Waals surface area contributed by atoms with E-state index in [0.29, 0.717) is 18.8 Å². The second-order valence-electron chi connectivity index (χ2n) is 13.7. The Bertz CT molecular complexity index is 1810. The summed E-state index contributed by atoms with van der Waals surface area (Å²) in [5, 5.41) is 0. The van der Waals surface area contributed by atoms with Gasteiger partial charge in [0.25, 0.3) is 0 Å². The predicted molar refractivity (Wildman–Crippen MR) is 213 cm³/mol. The highest BCUT2D eigenvalue weighted by Gasteiger charge is 2.53. The Kier molecular flexibility index (Phi) is 16.1. The number of thioether (sulfide) groups is 1. The molecule has 0 radical (unpaired) electrons. The Morgan fingerprint density at radius 2 is 1.00 bits per heavy atom. The van der Waals surface area contributed by atoms with Gasteiger partial charge in [0.15, 0.2) is 18.5 Å². The molecule has 12 heteroatoms. The quantitative estimate of drug-likeness (QED) is 0.0490. The van der Waals surface area contributed by atoms with Crippen LogP contribution in [0.5, 0.6) is 0 Å². The van der Waals surface area contributed by atoms with Crippen LogP contribution in [0.15, 0.2) is 126 Å². The second-order valence-corrected chi connectivity index (χ2v) is 14.8. The number of hydrogen-bond donors (Lipinski definition) is 0. The van der Waals surface area contributed by atoms with Gasteiger partial charge in [-0.3, -0.25) is 0 Å². The molecule has 2 fully saturated rings. The van der Waals surface area contributed by atoms with E-state index in [1.807, 2.05) is 30.3 Å². The summed E-state index contributed by atoms with van der Waals surface area (Å²) < 4.78 is 50.3. The molecule has 2 unspecified atom stereocenters. The number of rotatable bonds is 20. The molecule has 0 aromatic heterocycles. The standard InChI is InChI=1S/C45H50O11S/c1-3-5-27-49-37-35(54-45(40(37)50-28-6-4-2)57-34-25-17-10-18-26-34)30-52-44-39(56-43(48)33-23-15-9-16-24-33)38(55-42(47)32-21-13-8-14-22-32)36(53-44)29-51-41(46)31-19-11-7-12-20-31/h7-26,35-40,44-45H,3-6,27-30H2,1-2H3/t35-,36-,37?,38?,39-,40-,44+,45-/m0/s1. The van der Waals surface area contributed by atoms with E-state index < -0.39 is 66.3 Å². The molecule has 2 aliphatic heterocycles. The van der Waals surface area contributed by atoms with Gasteiger partial charge in [-0.15, -0.1) is 0 Å². The summed E-state index contributed by atoms with van der Waals surface area (Å²) >= 11 is 1.55. The number of carbonyl (C=O) groups excluding carboxylic acids is 3. The summed E-state index contributed by atoms with van der Waals surface area (Å²) in [5.41, 5.74) is 0.474. The Hall–Kier alpha value is -4.56. The van der Waals surface area contributed by atoms with Crippen molar-refractivity contribution in [2.45, 2.75) is 92.8 Å². The van der Waals surface area contributed by atoms with Crippen molar-refractivity contribution in [3.63, 3.8) is 0 Å². The van der Waals surface area contributed by atoms with Crippen LogP contribution in [-0.4, -0.2) is 92.7 Å². The Balaban J connectivity index is 1.27. The van der Waals surface area contributed by atoms with Crippen LogP contribution in [0.2, 0.25) is 0 Å². The summed E-state index contributed by atoms with van der Waals surface area (Å²) in [5.74, 6) is -1.96. The average Bonchev–Trinajstić information content (AvgIpc) is 3.75. The van der Waals surface area contributed by atoms with Gasteiger partial charge in [0.1, 0.15) is 36.5 Å². The van der Waals surface area contributed by atoms with Crippen molar-refractivity contribution in [3.8, 4) is 0 Å². The molecule has 0 bridgehead atoms. The molecule has 0 amide bonds. The lowest BCUT2D eigenvalue weighted by molar-refractivity contribution is -0.190. The first kappa shape index (κ1) is 42.1. The minimum absolute atomic E-state index is 0.0454. The molecule has 57 heavy (non-hydrogen) atoms. The van der Waals surface area contributed by atoms with Gasteiger partial charge in [0.2, 0.25) is 0 Å². The predicted octanol–water partition coefficient (Wildman–Crippen LogP) is 7.92. The van der Waals surface area contributed by atoms with Crippen LogP contribution >= 0.6 is 11.8 Å². The van der Waals surface area contributed by atoms with E-state index in [1.54, 1.807) is 103 Å². The van der Waals surface area contributed by atoms with Crippen LogP contribution in [0.4, 0.5) is 0 Å². The minimum atomic E-state index is -1.27. The number of carbonyl (C=O) groups is 3. The number of hydrogen-bond acceptors (Lipinski definition) is 12. The Morgan fingerprint density at radius 3 is 1.54 bits per heavy atom. The molecule has 2 saturated heterocycles. The molecule has 0 saturated carbocycles. The first-order chi connectivity index (χ1) is 27.9. The lowest BCUT2D eigenvalue weighted by Gasteiger charge is -2.27. The second kappa shape index (κ2) is 21.8. The van der Waals surface area contributed by atoms with E-state index in [4.69, 9.17) is 37.9 Å². The van der Waals surface area contributed by atoms with Crippen molar-refractivity contribution in [2.24, 2.45) is 0 Å². The van der Waals surface area contributed by atoms with E-state index >= 15 is 0 Å². The molecule has 2 aliphatic rings. The lowest BCUT2D eigenvalue weighted by Crippen LogP contribution is -2.44. The van der Waals surface area contributed by atoms with Gasteiger partial charge < -0.3 is 37.9 Å². The van der Waals surface area contributed by atoms with Crippen molar-refractivity contribution in [1.82, 2.24) is 0 Å². The van der Waals surface area contributed by atoms with Gasteiger partial charge in [-0.1, -0.05) is 111 Å². The first-order valence-electron chi connectivity index (χ1n) is 19.6. The largest absolute Gasteiger partial charge is 0.459 e. The molecule has 11 nitrogen and oxygen atoms in total. The van der Waals surface area contributed by atoms with E-state index in [9.17, 15) is 14.4 Å². The number of ether oxygens (including phenoxy) is 8. The summed E-state index contributed by atoms with van der Waals surface area (Å²) in [7, 11) is 0. The first-order valence-corrected chi connectivity index (χ1v) is 20.4. The van der Waals surface area contributed by atoms with Crippen molar-refractivity contribution in [2.75, 3.05) is 26.4 Å². The molecule has 0 N–H and O–H groups in total. The maximum absolute atomic E-state index is 13.6. The van der Waals surface area contributed by atoms with Crippen LogP contribution in [-0.2, 0) is 37.9 Å². The highest BCUT2D eigenvalue weighted by Crippen LogP contribution is 2.38. The molecule has 8 atom stereocenters. The third kappa shape index (κ3) is 11.8. The summed E-state index contributed by atoms with van der Waals surface area (Å²) in [6.45, 7) is 4.88. The molecule has 0 spiro atoms. The molecular weight excluding hydrogens is 749 g/mol. The fourth-order valence-electron chi connectivity index (χ4n) is 6.42. The van der Waals surface area contributed by atoms with E-state index in [0.717, 1.165) is 30.6 Å². The van der Waals surface area contributed by atoms with Crippen molar-refractivity contribution in [3.05, 3.63) is 138 Å². The average molecular weight is 799 g/mol. The maximum atomic E-state index is 13.6. The molecule has 0 aliphatic carbocycles. The summed E-state index contributed by atoms with van der Waals surface area (Å²) in [4.78, 5) is 41.3. The van der Waals surface area contributed by atoms with Crippen LogP contribution in [0.1, 0.15) is 70.6 Å². The molecule has 6 rings (SSSR count). The summed E-state index contributed by atoms with van der Waals surface area (Å²) in [6.07, 6.45) is -2.69. The van der Waals surface area contributed by atoms with Gasteiger partial charge >= 0.3 is 17.9 Å². The number of unbranched alkanes of at least 4 members (excludes halogenated alkanes) is 2. The smallest absolute Gasteiger partial charge is 0.338 e. The molecule has 302 valence electrons. The minimum Gasteiger partial charge on any atom is -0.459 e. The van der Waals surface area contributed by atoms with Crippen LogP contribution < -0.4 is 0 Å². The van der Waals surface area contributed by atoms with Gasteiger partial charge in [0.05, 0.1) is 23.3 Å². The van der Waals surface area contributed by atoms with Crippen molar-refractivity contribution in [1.29, 1.82) is 0 Å². The summed E-state index contributed by atoms with van der Waals surface area (Å²) in [6, 6.07) is 35.3. The fourth-order valence-corrected chi connectivity index (χ4v) is 7.57. The van der Waals surface area contributed by atoms with Crippen LogP contribution in [0.3, 0.4) is 0 Å². The zero-order valence-electron chi connectivity index (χ0n) is 32.2. The third-order valence-corrected chi connectivity index (χ3v) is 10.6. The Labute approximate surface area is 338 Å². The molecular formula is C45H50O11S. The Morgan fingerprint density at radius 1 is 0.526 bits per heavy atom. The normalized spacial score (nSPS) is 24.2. The van der Waals surface area contributed by atoms with Gasteiger partial charge in [0, 0.05) is 18.1 Å². The van der Waals surface area contributed by atoms with Crippen molar-refractivity contribution < 1.29 is 52.3 Å². The topological polar surface area (TPSA) is 125 Å². The lowest BCUT2D eigenvalue weighted by atomic mass is 10.1. The maximum Gasteiger partial charge on any atom is 0.338 e. The SMILES string of the molecule is CCCCOC1[C@H](CO[C@@H]2O[C@@H](COC(=O)c3ccccc3)C(OC(=O)c3ccccc3)[C@@H]2OC(=O)c2ccccc2)O[C@@H](Sc2ccccc2)[C@H]1OCCCC. The van der Waals surface area contributed by atoms with E-state index in [1.165, 1.54) is 0 Å². The fraction of sp³-hybridized carbons (Fsp3) is 0.400. The van der Waals surface area contributed by atoms with E-state index in [2.05, 4.69) is 13.8 Å². The zero-order valence-corrected chi connectivity index (χ0v) is 33.0.